The molecule has 0 bridgehead atoms. The van der Waals surface area contributed by atoms with Crippen LogP contribution in [0.5, 0.6) is 0 Å². The van der Waals surface area contributed by atoms with E-state index in [0.717, 1.165) is 47.0 Å². The van der Waals surface area contributed by atoms with Crippen molar-refractivity contribution in [1.29, 1.82) is 0 Å². The summed E-state index contributed by atoms with van der Waals surface area (Å²) in [4.78, 5) is 34.1. The summed E-state index contributed by atoms with van der Waals surface area (Å²) in [6, 6.07) is 34.0. The number of amides is 2. The molecule has 1 aliphatic rings. The van der Waals surface area contributed by atoms with Crippen LogP contribution < -0.4 is 10.2 Å². The molecule has 0 atom stereocenters. The summed E-state index contributed by atoms with van der Waals surface area (Å²) in [5.41, 5.74) is 3.30. The fourth-order valence-corrected chi connectivity index (χ4v) is 5.69. The summed E-state index contributed by atoms with van der Waals surface area (Å²) in [6.07, 6.45) is 2.77. The highest BCUT2D eigenvalue weighted by Gasteiger charge is 2.30. The van der Waals surface area contributed by atoms with E-state index < -0.39 is 0 Å². The molecule has 0 aliphatic carbocycles. The Morgan fingerprint density at radius 3 is 2.23 bits per heavy atom. The zero-order valence-electron chi connectivity index (χ0n) is 22.6. The van der Waals surface area contributed by atoms with Crippen LogP contribution >= 0.6 is 0 Å². The molecular weight excluding hydrogens is 496 g/mol. The number of nitrogens with one attached hydrogen (secondary N) is 1. The smallest absolute Gasteiger partial charge is 0.271 e. The molecule has 0 unspecified atom stereocenters. The number of nitrogens with zero attached hydrogens (tertiary/aromatic N) is 3. The summed E-state index contributed by atoms with van der Waals surface area (Å²) in [5.74, 6) is 0.848. The maximum Gasteiger partial charge on any atom is 0.271 e. The molecule has 1 aliphatic heterocycles. The van der Waals surface area contributed by atoms with E-state index in [0.29, 0.717) is 30.2 Å². The highest BCUT2D eigenvalue weighted by Crippen LogP contribution is 2.29. The van der Waals surface area contributed by atoms with Gasteiger partial charge in [-0.15, -0.1) is 0 Å². The van der Waals surface area contributed by atoms with E-state index in [1.165, 1.54) is 4.90 Å². The van der Waals surface area contributed by atoms with Crippen LogP contribution in [0.25, 0.3) is 10.8 Å². The summed E-state index contributed by atoms with van der Waals surface area (Å²) in [5, 5.41) is 5.08. The molecule has 0 saturated heterocycles. The second-order valence-corrected chi connectivity index (χ2v) is 10.3. The zero-order valence-corrected chi connectivity index (χ0v) is 22.6. The predicted molar refractivity (Wildman–Crippen MR) is 159 cm³/mol. The van der Waals surface area contributed by atoms with Crippen LogP contribution in [0.4, 0.5) is 5.82 Å². The van der Waals surface area contributed by atoms with Crippen molar-refractivity contribution in [2.45, 2.75) is 31.7 Å². The van der Waals surface area contributed by atoms with Crippen molar-refractivity contribution in [3.05, 3.63) is 131 Å². The molecule has 2 heterocycles. The lowest BCUT2D eigenvalue weighted by Gasteiger charge is -2.22. The lowest BCUT2D eigenvalue weighted by Crippen LogP contribution is -2.34. The molecule has 6 rings (SSSR count). The van der Waals surface area contributed by atoms with Gasteiger partial charge < -0.3 is 9.88 Å². The van der Waals surface area contributed by atoms with Crippen LogP contribution in [0, 0.1) is 0 Å². The second-order valence-electron chi connectivity index (χ2n) is 10.3. The van der Waals surface area contributed by atoms with Gasteiger partial charge in [-0.2, -0.15) is 0 Å². The number of carbonyl (C=O) groups excluding carboxylic acids is 2. The molecule has 0 radical (unpaired) electrons. The second kappa shape index (κ2) is 11.2. The highest BCUT2D eigenvalue weighted by molar-refractivity contribution is 6.15. The maximum absolute atomic E-state index is 13.9. The molecule has 200 valence electrons. The third-order valence-corrected chi connectivity index (χ3v) is 7.79. The van der Waals surface area contributed by atoms with E-state index in [-0.39, 0.29) is 17.7 Å². The van der Waals surface area contributed by atoms with Gasteiger partial charge in [-0.25, -0.2) is 4.98 Å². The van der Waals surface area contributed by atoms with Crippen molar-refractivity contribution in [3.63, 3.8) is 0 Å². The Bertz CT molecular complexity index is 1620. The number of aryl methyl sites for hydroxylation is 1. The number of hydrogen-bond donors (Lipinski definition) is 1. The number of fused-ring (bicyclic) bond motifs is 2. The third-order valence-electron chi connectivity index (χ3n) is 7.79. The Labute approximate surface area is 234 Å². The monoisotopic (exact) mass is 528 g/mol. The summed E-state index contributed by atoms with van der Waals surface area (Å²) < 4.78 is 2.00. The summed E-state index contributed by atoms with van der Waals surface area (Å²) in [7, 11) is 1.71. The highest BCUT2D eigenvalue weighted by atomic mass is 16.2. The minimum absolute atomic E-state index is 0.00593. The molecular formula is C34H32N4O2. The van der Waals surface area contributed by atoms with E-state index in [1.807, 2.05) is 83.4 Å². The molecule has 5 aromatic rings. The Morgan fingerprint density at radius 1 is 0.850 bits per heavy atom. The van der Waals surface area contributed by atoms with E-state index in [4.69, 9.17) is 4.98 Å². The van der Waals surface area contributed by atoms with Crippen LogP contribution in [-0.4, -0.2) is 35.0 Å². The molecule has 4 aromatic carbocycles. The molecule has 40 heavy (non-hydrogen) atoms. The predicted octanol–water partition coefficient (Wildman–Crippen LogP) is 6.21. The molecule has 2 amide bonds. The van der Waals surface area contributed by atoms with Crippen molar-refractivity contribution in [1.82, 2.24) is 14.9 Å². The lowest BCUT2D eigenvalue weighted by atomic mass is 9.91. The number of anilines is 1. The van der Waals surface area contributed by atoms with Gasteiger partial charge in [0.1, 0.15) is 5.82 Å². The van der Waals surface area contributed by atoms with Crippen LogP contribution in [0.2, 0.25) is 0 Å². The third kappa shape index (κ3) is 4.89. The molecule has 0 spiro atoms. The molecule has 1 aromatic heterocycles. The van der Waals surface area contributed by atoms with Gasteiger partial charge in [0.2, 0.25) is 0 Å². The average Bonchev–Trinajstić information content (AvgIpc) is 3.41. The van der Waals surface area contributed by atoms with Crippen molar-refractivity contribution >= 4 is 28.4 Å². The number of hydrogen-bond acceptors (Lipinski definition) is 3. The Balaban J connectivity index is 1.33. The van der Waals surface area contributed by atoms with Gasteiger partial charge in [-0.1, -0.05) is 97.1 Å². The molecule has 0 fully saturated rings. The molecule has 6 heteroatoms. The fourth-order valence-electron chi connectivity index (χ4n) is 5.69. The van der Waals surface area contributed by atoms with Gasteiger partial charge in [0.25, 0.3) is 11.8 Å². The number of rotatable bonds is 7. The first-order valence-corrected chi connectivity index (χ1v) is 13.8. The standard InChI is InChI=1S/C34H32N4O2/c1-37(34(40)28-20-12-18-24-17-8-9-19-27(24)28)32-31(38-22-11-10-21-30(38)36-32)33(39)35-23-29(25-13-4-2-5-14-25)26-15-6-3-7-16-26/h2-9,12-20,29H,10-11,21-23H2,1H3,(H,35,39). The van der Waals surface area contributed by atoms with Crippen molar-refractivity contribution in [3.8, 4) is 0 Å². The Hall–Kier alpha value is -4.71. The lowest BCUT2D eigenvalue weighted by molar-refractivity contribution is 0.0942. The van der Waals surface area contributed by atoms with Crippen molar-refractivity contribution in [2.24, 2.45) is 0 Å². The number of imidazole rings is 1. The van der Waals surface area contributed by atoms with Crippen LogP contribution in [0.15, 0.2) is 103 Å². The Morgan fingerprint density at radius 2 is 1.50 bits per heavy atom. The quantitative estimate of drug-likeness (QED) is 0.273. The number of carbonyl (C=O) groups is 2. The topological polar surface area (TPSA) is 67.2 Å². The maximum atomic E-state index is 13.9. The first-order valence-electron chi connectivity index (χ1n) is 13.8. The van der Waals surface area contributed by atoms with E-state index in [9.17, 15) is 9.59 Å². The van der Waals surface area contributed by atoms with Gasteiger partial charge in [0, 0.05) is 38.0 Å². The van der Waals surface area contributed by atoms with Gasteiger partial charge >= 0.3 is 0 Å². The SMILES string of the molecule is CN(C(=O)c1cccc2ccccc12)c1nc2n(c1C(=O)NCC(c1ccccc1)c1ccccc1)CCCC2. The van der Waals surface area contributed by atoms with Crippen molar-refractivity contribution < 1.29 is 9.59 Å². The zero-order chi connectivity index (χ0) is 27.5. The van der Waals surface area contributed by atoms with Gasteiger partial charge in [0.05, 0.1) is 0 Å². The normalized spacial score (nSPS) is 12.8. The van der Waals surface area contributed by atoms with Crippen LogP contribution in [0.1, 0.15) is 56.6 Å². The van der Waals surface area contributed by atoms with E-state index in [1.54, 1.807) is 7.05 Å². The average molecular weight is 529 g/mol. The fraction of sp³-hybridized carbons (Fsp3) is 0.206. The molecule has 6 nitrogen and oxygen atoms in total. The molecule has 0 saturated carbocycles. The van der Waals surface area contributed by atoms with Crippen LogP contribution in [0.3, 0.4) is 0 Å². The van der Waals surface area contributed by atoms with Crippen molar-refractivity contribution in [2.75, 3.05) is 18.5 Å². The van der Waals surface area contributed by atoms with Gasteiger partial charge in [-0.3, -0.25) is 14.5 Å². The first-order chi connectivity index (χ1) is 19.6. The minimum Gasteiger partial charge on any atom is -0.350 e. The molecule has 1 N–H and O–H groups in total. The Kier molecular flexibility index (Phi) is 7.15. The summed E-state index contributed by atoms with van der Waals surface area (Å²) in [6.45, 7) is 1.13. The largest absolute Gasteiger partial charge is 0.350 e. The number of benzene rings is 4. The minimum atomic E-state index is -0.218. The van der Waals surface area contributed by atoms with E-state index >= 15 is 0 Å². The van der Waals surface area contributed by atoms with Crippen LogP contribution in [-0.2, 0) is 13.0 Å². The van der Waals surface area contributed by atoms with E-state index in [2.05, 4.69) is 29.6 Å². The van der Waals surface area contributed by atoms with Gasteiger partial charge in [-0.05, 0) is 40.8 Å². The van der Waals surface area contributed by atoms with Gasteiger partial charge in [0.15, 0.2) is 11.5 Å². The summed E-state index contributed by atoms with van der Waals surface area (Å²) >= 11 is 0. The first kappa shape index (κ1) is 25.6. The number of aromatic nitrogens is 2.